The topological polar surface area (TPSA) is 106 Å². The summed E-state index contributed by atoms with van der Waals surface area (Å²) in [7, 11) is 0. The highest BCUT2D eigenvalue weighted by atomic mass is 35.5. The first kappa shape index (κ1) is 21.1. The number of aromatic nitrogens is 1. The Bertz CT molecular complexity index is 735. The predicted octanol–water partition coefficient (Wildman–Crippen LogP) is 2.15. The van der Waals surface area contributed by atoms with Gasteiger partial charge in [-0.2, -0.15) is 0 Å². The number of anilines is 1. The second kappa shape index (κ2) is 9.55. The normalized spacial score (nSPS) is 11.7. The van der Waals surface area contributed by atoms with E-state index in [-0.39, 0.29) is 36.7 Å². The molecule has 0 bridgehead atoms. The molecule has 9 heteroatoms. The predicted molar refractivity (Wildman–Crippen MR) is 102 cm³/mol. The third-order valence-corrected chi connectivity index (χ3v) is 4.30. The van der Waals surface area contributed by atoms with Gasteiger partial charge in [0.2, 0.25) is 11.8 Å². The maximum Gasteiger partial charge on any atom is 0.245 e. The number of rotatable bonds is 7. The molecule has 0 aliphatic carbocycles. The Hall–Kier alpha value is -1.90. The highest BCUT2D eigenvalue weighted by Crippen LogP contribution is 2.29. The molecule has 25 heavy (non-hydrogen) atoms. The van der Waals surface area contributed by atoms with Crippen LogP contribution in [-0.4, -0.2) is 36.0 Å². The number of benzene rings is 1. The monoisotopic (exact) mass is 386 g/mol. The number of thiazole rings is 1. The SMILES string of the molecule is CCOc1ccc2nc(NC(=O)CNC(=O)[C@@H](N)C(C)C)sc2c1.Cl. The van der Waals surface area contributed by atoms with Crippen molar-refractivity contribution in [3.8, 4) is 5.75 Å². The van der Waals surface area contributed by atoms with Gasteiger partial charge in [-0.25, -0.2) is 4.98 Å². The van der Waals surface area contributed by atoms with Crippen LogP contribution >= 0.6 is 23.7 Å². The average molecular weight is 387 g/mol. The number of hydrogen-bond donors (Lipinski definition) is 3. The molecule has 0 unspecified atom stereocenters. The van der Waals surface area contributed by atoms with Crippen LogP contribution in [0.15, 0.2) is 18.2 Å². The Kier molecular flexibility index (Phi) is 8.08. The van der Waals surface area contributed by atoms with Crippen molar-refractivity contribution in [3.05, 3.63) is 18.2 Å². The van der Waals surface area contributed by atoms with Crippen molar-refractivity contribution in [2.45, 2.75) is 26.8 Å². The van der Waals surface area contributed by atoms with E-state index < -0.39 is 6.04 Å². The Morgan fingerprint density at radius 2 is 2.08 bits per heavy atom. The molecular formula is C16H23ClN4O3S. The van der Waals surface area contributed by atoms with Crippen molar-refractivity contribution >= 4 is 50.9 Å². The van der Waals surface area contributed by atoms with Crippen molar-refractivity contribution in [2.24, 2.45) is 11.7 Å². The minimum atomic E-state index is -0.628. The number of fused-ring (bicyclic) bond motifs is 1. The van der Waals surface area contributed by atoms with E-state index in [9.17, 15) is 9.59 Å². The first-order valence-corrected chi connectivity index (χ1v) is 8.59. The summed E-state index contributed by atoms with van der Waals surface area (Å²) >= 11 is 1.35. The number of hydrogen-bond acceptors (Lipinski definition) is 6. The molecule has 2 aromatic rings. The van der Waals surface area contributed by atoms with E-state index >= 15 is 0 Å². The van der Waals surface area contributed by atoms with Crippen molar-refractivity contribution < 1.29 is 14.3 Å². The van der Waals surface area contributed by atoms with Gasteiger partial charge in [0.25, 0.3) is 0 Å². The van der Waals surface area contributed by atoms with Gasteiger partial charge in [0.05, 0.1) is 29.4 Å². The zero-order valence-corrected chi connectivity index (χ0v) is 16.0. The zero-order chi connectivity index (χ0) is 17.7. The summed E-state index contributed by atoms with van der Waals surface area (Å²) in [6.07, 6.45) is 0. The van der Waals surface area contributed by atoms with Gasteiger partial charge in [-0.05, 0) is 31.0 Å². The maximum absolute atomic E-state index is 11.9. The zero-order valence-electron chi connectivity index (χ0n) is 14.4. The molecule has 1 heterocycles. The van der Waals surface area contributed by atoms with Gasteiger partial charge in [-0.1, -0.05) is 25.2 Å². The Labute approximate surface area is 156 Å². The van der Waals surface area contributed by atoms with Gasteiger partial charge in [0.1, 0.15) is 5.75 Å². The number of carbonyl (C=O) groups is 2. The number of nitrogens with one attached hydrogen (secondary N) is 2. The van der Waals surface area contributed by atoms with E-state index in [2.05, 4.69) is 15.6 Å². The van der Waals surface area contributed by atoms with E-state index in [0.717, 1.165) is 16.0 Å². The van der Waals surface area contributed by atoms with Crippen LogP contribution in [0.5, 0.6) is 5.75 Å². The lowest BCUT2D eigenvalue weighted by Crippen LogP contribution is -2.46. The molecule has 7 nitrogen and oxygen atoms in total. The van der Waals surface area contributed by atoms with Crippen LogP contribution in [0.1, 0.15) is 20.8 Å². The van der Waals surface area contributed by atoms with Gasteiger partial charge in [-0.15, -0.1) is 12.4 Å². The Balaban J connectivity index is 0.00000312. The molecule has 1 atom stereocenters. The number of nitrogens with two attached hydrogens (primary N) is 1. The lowest BCUT2D eigenvalue weighted by molar-refractivity contribution is -0.125. The number of ether oxygens (including phenoxy) is 1. The minimum absolute atomic E-state index is 0. The molecule has 0 spiro atoms. The first-order valence-electron chi connectivity index (χ1n) is 7.77. The fraction of sp³-hybridized carbons (Fsp3) is 0.438. The largest absolute Gasteiger partial charge is 0.494 e. The van der Waals surface area contributed by atoms with Crippen molar-refractivity contribution in [1.82, 2.24) is 10.3 Å². The number of carbonyl (C=O) groups excluding carboxylic acids is 2. The van der Waals surface area contributed by atoms with E-state index in [0.29, 0.717) is 11.7 Å². The standard InChI is InChI=1S/C16H22N4O3S.ClH/c1-4-23-10-5-6-11-12(7-10)24-16(19-11)20-13(21)8-18-15(22)14(17)9(2)3;/h5-7,9,14H,4,8,17H2,1-3H3,(H,18,22)(H,19,20,21);1H/t14-;/m0./s1. The molecule has 0 saturated heterocycles. The molecule has 1 aromatic heterocycles. The fourth-order valence-corrected chi connectivity index (χ4v) is 2.88. The molecule has 1 aromatic carbocycles. The number of nitrogens with zero attached hydrogens (tertiary/aromatic N) is 1. The molecule has 0 aliphatic rings. The quantitative estimate of drug-likeness (QED) is 0.676. The van der Waals surface area contributed by atoms with Gasteiger partial charge in [-0.3, -0.25) is 9.59 Å². The Morgan fingerprint density at radius 3 is 2.72 bits per heavy atom. The minimum Gasteiger partial charge on any atom is -0.494 e. The third kappa shape index (κ3) is 5.84. The lowest BCUT2D eigenvalue weighted by Gasteiger charge is -2.14. The molecule has 2 rings (SSSR count). The van der Waals surface area contributed by atoms with Crippen molar-refractivity contribution in [2.75, 3.05) is 18.5 Å². The average Bonchev–Trinajstić information content (AvgIpc) is 2.93. The second-order valence-corrected chi connectivity index (χ2v) is 6.65. The summed E-state index contributed by atoms with van der Waals surface area (Å²) in [5.41, 5.74) is 6.50. The highest BCUT2D eigenvalue weighted by molar-refractivity contribution is 7.22. The summed E-state index contributed by atoms with van der Waals surface area (Å²) < 4.78 is 6.36. The molecule has 138 valence electrons. The third-order valence-electron chi connectivity index (χ3n) is 3.36. The Morgan fingerprint density at radius 1 is 1.36 bits per heavy atom. The maximum atomic E-state index is 11.9. The van der Waals surface area contributed by atoms with E-state index in [1.165, 1.54) is 11.3 Å². The fourth-order valence-electron chi connectivity index (χ4n) is 1.97. The van der Waals surface area contributed by atoms with E-state index in [1.807, 2.05) is 39.0 Å². The number of amides is 2. The summed E-state index contributed by atoms with van der Waals surface area (Å²) in [6, 6.07) is 4.94. The van der Waals surface area contributed by atoms with Crippen LogP contribution in [0.4, 0.5) is 5.13 Å². The molecule has 0 saturated carbocycles. The van der Waals surface area contributed by atoms with Crippen LogP contribution in [0.25, 0.3) is 10.2 Å². The molecule has 2 amide bonds. The summed E-state index contributed by atoms with van der Waals surface area (Å²) in [4.78, 5) is 28.0. The summed E-state index contributed by atoms with van der Waals surface area (Å²) in [6.45, 7) is 6.07. The van der Waals surface area contributed by atoms with Gasteiger partial charge in [0, 0.05) is 0 Å². The first-order chi connectivity index (χ1) is 11.4. The van der Waals surface area contributed by atoms with Crippen LogP contribution < -0.4 is 21.1 Å². The molecule has 0 aliphatic heterocycles. The van der Waals surface area contributed by atoms with Gasteiger partial charge >= 0.3 is 0 Å². The van der Waals surface area contributed by atoms with Gasteiger partial charge < -0.3 is 21.1 Å². The molecule has 0 radical (unpaired) electrons. The number of halogens is 1. The van der Waals surface area contributed by atoms with Crippen molar-refractivity contribution in [3.63, 3.8) is 0 Å². The highest BCUT2D eigenvalue weighted by Gasteiger charge is 2.18. The van der Waals surface area contributed by atoms with Crippen LogP contribution in [-0.2, 0) is 9.59 Å². The molecule has 0 fully saturated rings. The van der Waals surface area contributed by atoms with Crippen LogP contribution in [0.2, 0.25) is 0 Å². The molecule has 4 N–H and O–H groups in total. The van der Waals surface area contributed by atoms with Crippen molar-refractivity contribution in [1.29, 1.82) is 0 Å². The summed E-state index contributed by atoms with van der Waals surface area (Å²) in [5.74, 6) is 0.0903. The smallest absolute Gasteiger partial charge is 0.245 e. The van der Waals surface area contributed by atoms with E-state index in [4.69, 9.17) is 10.5 Å². The lowest BCUT2D eigenvalue weighted by atomic mass is 10.1. The van der Waals surface area contributed by atoms with Gasteiger partial charge in [0.15, 0.2) is 5.13 Å². The van der Waals surface area contributed by atoms with Crippen LogP contribution in [0.3, 0.4) is 0 Å². The second-order valence-electron chi connectivity index (χ2n) is 5.62. The molecular weight excluding hydrogens is 364 g/mol. The van der Waals surface area contributed by atoms with E-state index in [1.54, 1.807) is 0 Å². The summed E-state index contributed by atoms with van der Waals surface area (Å²) in [5, 5.41) is 5.68. The van der Waals surface area contributed by atoms with Crippen LogP contribution in [0, 0.1) is 5.92 Å².